The van der Waals surface area contributed by atoms with Crippen LogP contribution in [-0.2, 0) is 4.79 Å². The van der Waals surface area contributed by atoms with Gasteiger partial charge < -0.3 is 9.64 Å². The number of benzene rings is 2. The van der Waals surface area contributed by atoms with E-state index in [1.54, 1.807) is 23.8 Å². The minimum atomic E-state index is -0.199. The van der Waals surface area contributed by atoms with Crippen LogP contribution in [0.5, 0.6) is 5.75 Å². The van der Waals surface area contributed by atoms with E-state index >= 15 is 0 Å². The minimum Gasteiger partial charge on any atom is -0.497 e. The molecule has 25 heavy (non-hydrogen) atoms. The van der Waals surface area contributed by atoms with Crippen molar-refractivity contribution in [1.82, 2.24) is 4.90 Å². The fourth-order valence-corrected chi connectivity index (χ4v) is 5.18. The van der Waals surface area contributed by atoms with Crippen LogP contribution in [0, 0.1) is 6.92 Å². The maximum Gasteiger partial charge on any atom is 0.257 e. The standard InChI is InChI=1S/C19H18N2O2S2/c1-12-6-8-13(9-7-12)18-21-16(11-25-18)17(22)20(19(21)24)14-4-3-5-15(10-14)23-2/h3-10,16,18H,11H2,1-2H3/t16-,18-/m0/s1. The molecule has 2 aliphatic rings. The van der Waals surface area contributed by atoms with Crippen molar-refractivity contribution in [3.8, 4) is 5.75 Å². The summed E-state index contributed by atoms with van der Waals surface area (Å²) in [5.41, 5.74) is 3.17. The van der Waals surface area contributed by atoms with Crippen molar-refractivity contribution in [3.05, 3.63) is 59.7 Å². The molecule has 0 aliphatic carbocycles. The van der Waals surface area contributed by atoms with Gasteiger partial charge in [-0.3, -0.25) is 9.69 Å². The molecule has 0 N–H and O–H groups in total. The molecule has 1 amide bonds. The number of ether oxygens (including phenoxy) is 1. The fraction of sp³-hybridized carbons (Fsp3) is 0.263. The molecule has 2 aromatic rings. The number of aryl methyl sites for hydroxylation is 1. The Morgan fingerprint density at radius 1 is 1.20 bits per heavy atom. The summed E-state index contributed by atoms with van der Waals surface area (Å²) in [4.78, 5) is 16.7. The van der Waals surface area contributed by atoms with Gasteiger partial charge in [-0.2, -0.15) is 0 Å². The lowest BCUT2D eigenvalue weighted by atomic mass is 10.1. The maximum atomic E-state index is 13.0. The summed E-state index contributed by atoms with van der Waals surface area (Å²) in [6.07, 6.45) is 0. The van der Waals surface area contributed by atoms with Crippen molar-refractivity contribution in [3.63, 3.8) is 0 Å². The Hall–Kier alpha value is -2.05. The molecule has 0 radical (unpaired) electrons. The summed E-state index contributed by atoms with van der Waals surface area (Å²) in [7, 11) is 1.62. The number of fused-ring (bicyclic) bond motifs is 1. The number of anilines is 1. The lowest BCUT2D eigenvalue weighted by molar-refractivity contribution is -0.119. The van der Waals surface area contributed by atoms with Crippen molar-refractivity contribution in [1.29, 1.82) is 0 Å². The number of thiocarbonyl (C=S) groups is 1. The molecule has 128 valence electrons. The molecule has 2 aromatic carbocycles. The highest BCUT2D eigenvalue weighted by Crippen LogP contribution is 2.46. The first kappa shape index (κ1) is 16.4. The molecule has 2 atom stereocenters. The summed E-state index contributed by atoms with van der Waals surface area (Å²) in [5.74, 6) is 1.50. The lowest BCUT2D eigenvalue weighted by Gasteiger charge is -2.25. The Morgan fingerprint density at radius 3 is 2.68 bits per heavy atom. The van der Waals surface area contributed by atoms with Crippen molar-refractivity contribution in [2.75, 3.05) is 17.8 Å². The molecule has 0 saturated carbocycles. The largest absolute Gasteiger partial charge is 0.497 e. The highest BCUT2D eigenvalue weighted by atomic mass is 32.2. The molecule has 0 bridgehead atoms. The van der Waals surface area contributed by atoms with E-state index in [0.29, 0.717) is 10.9 Å². The van der Waals surface area contributed by atoms with Crippen molar-refractivity contribution in [2.24, 2.45) is 0 Å². The van der Waals surface area contributed by atoms with Gasteiger partial charge in [-0.05, 0) is 36.8 Å². The Kier molecular flexibility index (Phi) is 4.17. The molecule has 0 spiro atoms. The van der Waals surface area contributed by atoms with Gasteiger partial charge in [0.25, 0.3) is 5.91 Å². The fourth-order valence-electron chi connectivity index (χ4n) is 3.26. The van der Waals surface area contributed by atoms with Crippen molar-refractivity contribution >= 4 is 40.7 Å². The third kappa shape index (κ3) is 2.69. The number of carbonyl (C=O) groups is 1. The van der Waals surface area contributed by atoms with Crippen LogP contribution in [0.4, 0.5) is 5.69 Å². The monoisotopic (exact) mass is 370 g/mol. The Morgan fingerprint density at radius 2 is 1.96 bits per heavy atom. The second-order valence-corrected chi connectivity index (χ2v) is 7.66. The predicted molar refractivity (Wildman–Crippen MR) is 105 cm³/mol. The van der Waals surface area contributed by atoms with Gasteiger partial charge in [-0.1, -0.05) is 35.9 Å². The average Bonchev–Trinajstić information content (AvgIpc) is 3.16. The molecule has 2 saturated heterocycles. The van der Waals surface area contributed by atoms with E-state index in [2.05, 4.69) is 36.1 Å². The van der Waals surface area contributed by atoms with Crippen LogP contribution in [0.2, 0.25) is 0 Å². The van der Waals surface area contributed by atoms with Gasteiger partial charge in [0.15, 0.2) is 5.11 Å². The minimum absolute atomic E-state index is 0.0420. The summed E-state index contributed by atoms with van der Waals surface area (Å²) in [6, 6.07) is 15.7. The number of nitrogens with zero attached hydrogens (tertiary/aromatic N) is 2. The second kappa shape index (κ2) is 6.35. The molecule has 0 unspecified atom stereocenters. The quantitative estimate of drug-likeness (QED) is 0.769. The van der Waals surface area contributed by atoms with Crippen LogP contribution < -0.4 is 9.64 Å². The van der Waals surface area contributed by atoms with Gasteiger partial charge >= 0.3 is 0 Å². The zero-order chi connectivity index (χ0) is 17.6. The zero-order valence-electron chi connectivity index (χ0n) is 14.0. The van der Waals surface area contributed by atoms with Crippen molar-refractivity contribution in [2.45, 2.75) is 18.3 Å². The number of hydrogen-bond donors (Lipinski definition) is 0. The van der Waals surface area contributed by atoms with Crippen LogP contribution in [0.3, 0.4) is 0 Å². The highest BCUT2D eigenvalue weighted by Gasteiger charge is 2.50. The first-order chi connectivity index (χ1) is 12.1. The number of methoxy groups -OCH3 is 1. The highest BCUT2D eigenvalue weighted by molar-refractivity contribution is 7.99. The van der Waals surface area contributed by atoms with Crippen LogP contribution in [-0.4, -0.2) is 34.8 Å². The number of thioether (sulfide) groups is 1. The van der Waals surface area contributed by atoms with Crippen LogP contribution in [0.15, 0.2) is 48.5 Å². The van der Waals surface area contributed by atoms with E-state index in [1.807, 2.05) is 24.3 Å². The molecule has 2 heterocycles. The third-order valence-corrected chi connectivity index (χ3v) is 6.31. The molecule has 2 aliphatic heterocycles. The number of carbonyl (C=O) groups excluding carboxylic acids is 1. The molecule has 4 nitrogen and oxygen atoms in total. The summed E-state index contributed by atoms with van der Waals surface area (Å²) >= 11 is 7.47. The second-order valence-electron chi connectivity index (χ2n) is 6.18. The molecular weight excluding hydrogens is 352 g/mol. The number of amides is 1. The first-order valence-electron chi connectivity index (χ1n) is 8.08. The number of hydrogen-bond acceptors (Lipinski definition) is 4. The summed E-state index contributed by atoms with van der Waals surface area (Å²) in [5, 5.41) is 0.650. The Balaban J connectivity index is 1.67. The SMILES string of the molecule is COc1cccc(N2C(=O)[C@@H]3CS[C@@H](c4ccc(C)cc4)N3C2=S)c1. The van der Waals surface area contributed by atoms with E-state index in [4.69, 9.17) is 17.0 Å². The molecule has 4 rings (SSSR count). The van der Waals surface area contributed by atoms with Gasteiger partial charge in [0, 0.05) is 11.8 Å². The molecule has 0 aromatic heterocycles. The van der Waals surface area contributed by atoms with Crippen LogP contribution in [0.1, 0.15) is 16.5 Å². The van der Waals surface area contributed by atoms with Crippen molar-refractivity contribution < 1.29 is 9.53 Å². The molecule has 2 fully saturated rings. The Labute approximate surface area is 156 Å². The normalized spacial score (nSPS) is 22.5. The average molecular weight is 370 g/mol. The third-order valence-electron chi connectivity index (χ3n) is 4.59. The van der Waals surface area contributed by atoms with E-state index in [9.17, 15) is 4.79 Å². The maximum absolute atomic E-state index is 13.0. The smallest absolute Gasteiger partial charge is 0.257 e. The summed E-state index contributed by atoms with van der Waals surface area (Å²) in [6.45, 7) is 2.07. The van der Waals surface area contributed by atoms with E-state index in [1.165, 1.54) is 11.1 Å². The predicted octanol–water partition coefficient (Wildman–Crippen LogP) is 3.75. The first-order valence-corrected chi connectivity index (χ1v) is 9.54. The Bertz CT molecular complexity index is 838. The van der Waals surface area contributed by atoms with Gasteiger partial charge in [-0.25, -0.2) is 0 Å². The van der Waals surface area contributed by atoms with Gasteiger partial charge in [0.2, 0.25) is 0 Å². The van der Waals surface area contributed by atoms with Crippen LogP contribution in [0.25, 0.3) is 0 Å². The van der Waals surface area contributed by atoms with Gasteiger partial charge in [0.05, 0.1) is 12.8 Å². The number of rotatable bonds is 3. The van der Waals surface area contributed by atoms with Gasteiger partial charge in [-0.15, -0.1) is 11.8 Å². The van der Waals surface area contributed by atoms with Gasteiger partial charge in [0.1, 0.15) is 17.2 Å². The molecular formula is C19H18N2O2S2. The lowest BCUT2D eigenvalue weighted by Crippen LogP contribution is -2.33. The molecule has 6 heteroatoms. The van der Waals surface area contributed by atoms with E-state index < -0.39 is 0 Å². The zero-order valence-corrected chi connectivity index (χ0v) is 15.6. The van der Waals surface area contributed by atoms with E-state index in [0.717, 1.165) is 11.4 Å². The summed E-state index contributed by atoms with van der Waals surface area (Å²) < 4.78 is 5.28. The topological polar surface area (TPSA) is 32.8 Å². The van der Waals surface area contributed by atoms with Crippen LogP contribution >= 0.6 is 24.0 Å². The van der Waals surface area contributed by atoms with E-state index in [-0.39, 0.29) is 17.3 Å².